The third-order valence-corrected chi connectivity index (χ3v) is 3.65. The molecular weight excluding hydrogens is 364 g/mol. The van der Waals surface area contributed by atoms with Gasteiger partial charge in [-0.05, 0) is 61.6 Å². The van der Waals surface area contributed by atoms with Crippen LogP contribution in [0.4, 0.5) is 5.69 Å². The smallest absolute Gasteiger partial charge is 0.335 e. The Hall–Kier alpha value is -2.64. The molecule has 0 bridgehead atoms. The number of hydrogen-bond acceptors (Lipinski definition) is 4. The van der Waals surface area contributed by atoms with Crippen LogP contribution in [-0.2, 0) is 0 Å². The van der Waals surface area contributed by atoms with Gasteiger partial charge >= 0.3 is 5.97 Å². The lowest BCUT2D eigenvalue weighted by Crippen LogP contribution is -2.34. The minimum Gasteiger partial charge on any atom is -0.494 e. The average molecular weight is 379 g/mol. The number of benzene rings is 2. The van der Waals surface area contributed by atoms with Gasteiger partial charge in [-0.1, -0.05) is 11.6 Å². The van der Waals surface area contributed by atoms with Crippen molar-refractivity contribution in [3.63, 3.8) is 0 Å². The average Bonchev–Trinajstić information content (AvgIpc) is 2.57. The normalized spacial score (nSPS) is 10.0. The number of anilines is 1. The molecule has 2 aromatic rings. The Bertz CT molecular complexity index is 809. The highest BCUT2D eigenvalue weighted by Gasteiger charge is 2.11. The summed E-state index contributed by atoms with van der Waals surface area (Å²) in [7, 11) is 0. The number of carbonyl (C=O) groups is 2. The van der Waals surface area contributed by atoms with Gasteiger partial charge in [-0.2, -0.15) is 0 Å². The minimum absolute atomic E-state index is 0.00308. The van der Waals surface area contributed by atoms with E-state index in [4.69, 9.17) is 33.7 Å². The fraction of sp³-hybridized carbons (Fsp3) is 0.118. The third kappa shape index (κ3) is 5.17. The number of rotatable bonds is 5. The Morgan fingerprint density at radius 1 is 1.16 bits per heavy atom. The number of ether oxygens (including phenoxy) is 1. The zero-order valence-electron chi connectivity index (χ0n) is 13.2. The molecule has 0 atom stereocenters. The first-order valence-corrected chi connectivity index (χ1v) is 8.07. The summed E-state index contributed by atoms with van der Waals surface area (Å²) >= 11 is 11.1. The van der Waals surface area contributed by atoms with Gasteiger partial charge in [0.2, 0.25) is 0 Å². The number of nitrogens with one attached hydrogen (secondary N) is 2. The maximum absolute atomic E-state index is 12.2. The second kappa shape index (κ2) is 8.46. The molecule has 0 heterocycles. The molecule has 0 saturated carbocycles. The van der Waals surface area contributed by atoms with Crippen molar-refractivity contribution in [1.29, 1.82) is 0 Å². The van der Waals surface area contributed by atoms with Crippen LogP contribution < -0.4 is 15.4 Å². The van der Waals surface area contributed by atoms with Gasteiger partial charge in [0.15, 0.2) is 5.11 Å². The van der Waals surface area contributed by atoms with Crippen LogP contribution in [0, 0.1) is 0 Å². The van der Waals surface area contributed by atoms with Gasteiger partial charge in [-0.15, -0.1) is 0 Å². The number of thiocarbonyl (C=S) groups is 1. The Morgan fingerprint density at radius 2 is 1.80 bits per heavy atom. The van der Waals surface area contributed by atoms with Crippen molar-refractivity contribution in [3.05, 3.63) is 58.6 Å². The van der Waals surface area contributed by atoms with Crippen LogP contribution >= 0.6 is 23.8 Å². The van der Waals surface area contributed by atoms with E-state index >= 15 is 0 Å². The van der Waals surface area contributed by atoms with Gasteiger partial charge in [0.1, 0.15) is 5.75 Å². The zero-order chi connectivity index (χ0) is 18.4. The lowest BCUT2D eigenvalue weighted by Gasteiger charge is -2.12. The molecule has 25 heavy (non-hydrogen) atoms. The summed E-state index contributed by atoms with van der Waals surface area (Å²) < 4.78 is 5.31. The lowest BCUT2D eigenvalue weighted by atomic mass is 10.2. The van der Waals surface area contributed by atoms with Crippen molar-refractivity contribution in [2.24, 2.45) is 0 Å². The predicted octanol–water partition coefficient (Wildman–Crippen LogP) is 3.56. The molecule has 8 heteroatoms. The van der Waals surface area contributed by atoms with Gasteiger partial charge in [0, 0.05) is 5.56 Å². The molecule has 6 nitrogen and oxygen atoms in total. The third-order valence-electron chi connectivity index (χ3n) is 3.12. The Morgan fingerprint density at radius 3 is 2.40 bits per heavy atom. The Labute approximate surface area is 154 Å². The van der Waals surface area contributed by atoms with E-state index in [1.807, 2.05) is 6.92 Å². The van der Waals surface area contributed by atoms with Gasteiger partial charge in [0.25, 0.3) is 5.91 Å². The van der Waals surface area contributed by atoms with Crippen molar-refractivity contribution in [2.75, 3.05) is 11.9 Å². The van der Waals surface area contributed by atoms with Crippen molar-refractivity contribution in [2.45, 2.75) is 6.92 Å². The monoisotopic (exact) mass is 378 g/mol. The van der Waals surface area contributed by atoms with Gasteiger partial charge in [-0.25, -0.2) is 4.79 Å². The molecule has 0 fully saturated rings. The van der Waals surface area contributed by atoms with E-state index in [1.54, 1.807) is 24.3 Å². The number of carboxylic acids is 1. The quantitative estimate of drug-likeness (QED) is 0.689. The molecule has 0 aliphatic carbocycles. The van der Waals surface area contributed by atoms with Crippen LogP contribution in [0.5, 0.6) is 5.75 Å². The molecule has 2 aromatic carbocycles. The highest BCUT2D eigenvalue weighted by Crippen LogP contribution is 2.23. The summed E-state index contributed by atoms with van der Waals surface area (Å²) in [6, 6.07) is 10.7. The van der Waals surface area contributed by atoms with Crippen LogP contribution in [0.15, 0.2) is 42.5 Å². The topological polar surface area (TPSA) is 87.7 Å². The van der Waals surface area contributed by atoms with E-state index in [9.17, 15) is 9.59 Å². The number of amides is 1. The SMILES string of the molecule is CCOc1ccc(C(=O)NC(=S)Nc2cc(C(=O)O)ccc2Cl)cc1. The molecular formula is C17H15ClN2O4S. The molecule has 0 aliphatic rings. The summed E-state index contributed by atoms with van der Waals surface area (Å²) in [5, 5.41) is 14.5. The summed E-state index contributed by atoms with van der Waals surface area (Å²) in [5.41, 5.74) is 0.740. The van der Waals surface area contributed by atoms with Crippen LogP contribution in [0.2, 0.25) is 5.02 Å². The summed E-state index contributed by atoms with van der Waals surface area (Å²) in [6.45, 7) is 2.41. The highest BCUT2D eigenvalue weighted by atomic mass is 35.5. The van der Waals surface area contributed by atoms with Crippen LogP contribution in [-0.4, -0.2) is 28.7 Å². The molecule has 0 radical (unpaired) electrons. The summed E-state index contributed by atoms with van der Waals surface area (Å²) in [6.07, 6.45) is 0. The molecule has 0 saturated heterocycles. The van der Waals surface area contributed by atoms with E-state index in [0.29, 0.717) is 23.6 Å². The standard InChI is InChI=1S/C17H15ClN2O4S/c1-2-24-12-6-3-10(4-7-12)15(21)20-17(25)19-14-9-11(16(22)23)5-8-13(14)18/h3-9H,2H2,1H3,(H,22,23)(H2,19,20,21,25). The van der Waals surface area contributed by atoms with Crippen LogP contribution in [0.3, 0.4) is 0 Å². The predicted molar refractivity (Wildman–Crippen MR) is 99.7 cm³/mol. The molecule has 0 aromatic heterocycles. The first-order chi connectivity index (χ1) is 11.9. The zero-order valence-corrected chi connectivity index (χ0v) is 14.8. The summed E-state index contributed by atoms with van der Waals surface area (Å²) in [4.78, 5) is 23.2. The first-order valence-electron chi connectivity index (χ1n) is 7.28. The molecule has 0 spiro atoms. The molecule has 1 amide bonds. The van der Waals surface area contributed by atoms with E-state index < -0.39 is 11.9 Å². The maximum atomic E-state index is 12.2. The number of hydrogen-bond donors (Lipinski definition) is 3. The fourth-order valence-electron chi connectivity index (χ4n) is 1.95. The molecule has 3 N–H and O–H groups in total. The second-order valence-corrected chi connectivity index (χ2v) is 5.68. The minimum atomic E-state index is -1.09. The van der Waals surface area contributed by atoms with Crippen molar-refractivity contribution in [3.8, 4) is 5.75 Å². The van der Waals surface area contributed by atoms with Gasteiger partial charge in [-0.3, -0.25) is 10.1 Å². The number of carboxylic acid groups (broad SMARTS) is 1. The van der Waals surface area contributed by atoms with Gasteiger partial charge < -0.3 is 15.2 Å². The maximum Gasteiger partial charge on any atom is 0.335 e. The largest absolute Gasteiger partial charge is 0.494 e. The first kappa shape index (κ1) is 18.7. The fourth-order valence-corrected chi connectivity index (χ4v) is 2.32. The number of aromatic carboxylic acids is 1. The molecule has 130 valence electrons. The van der Waals surface area contributed by atoms with E-state index in [2.05, 4.69) is 10.6 Å². The van der Waals surface area contributed by atoms with Crippen molar-refractivity contribution < 1.29 is 19.4 Å². The molecule has 0 unspecified atom stereocenters. The van der Waals surface area contributed by atoms with E-state index in [-0.39, 0.29) is 15.7 Å². The van der Waals surface area contributed by atoms with E-state index in [1.165, 1.54) is 18.2 Å². The highest BCUT2D eigenvalue weighted by molar-refractivity contribution is 7.80. The van der Waals surface area contributed by atoms with Crippen LogP contribution in [0.25, 0.3) is 0 Å². The van der Waals surface area contributed by atoms with Crippen molar-refractivity contribution >= 4 is 46.5 Å². The Balaban J connectivity index is 2.03. The Kier molecular flexibility index (Phi) is 6.32. The number of halogens is 1. The van der Waals surface area contributed by atoms with Crippen molar-refractivity contribution in [1.82, 2.24) is 5.32 Å². The molecule has 2 rings (SSSR count). The second-order valence-electron chi connectivity index (χ2n) is 4.87. The van der Waals surface area contributed by atoms with Crippen LogP contribution in [0.1, 0.15) is 27.6 Å². The van der Waals surface area contributed by atoms with E-state index in [0.717, 1.165) is 0 Å². The van der Waals surface area contributed by atoms with Gasteiger partial charge in [0.05, 0.1) is 22.9 Å². The molecule has 0 aliphatic heterocycles. The number of carbonyl (C=O) groups excluding carboxylic acids is 1. The lowest BCUT2D eigenvalue weighted by molar-refractivity contribution is 0.0696. The summed E-state index contributed by atoms with van der Waals surface area (Å²) in [5.74, 6) is -0.841.